The van der Waals surface area contributed by atoms with Crippen molar-refractivity contribution in [2.45, 2.75) is 45.4 Å². The third kappa shape index (κ3) is 6.08. The number of carbonyl (C=O) groups is 2. The summed E-state index contributed by atoms with van der Waals surface area (Å²) in [5.41, 5.74) is 9.08. The van der Waals surface area contributed by atoms with Crippen molar-refractivity contribution in [3.63, 3.8) is 0 Å². The number of ether oxygens (including phenoxy) is 1. The number of nitrogens with zero attached hydrogens (tertiary/aromatic N) is 2. The molecule has 0 radical (unpaired) electrons. The number of nitrogens with two attached hydrogens (primary N) is 1. The molecule has 3 rings (SSSR count). The van der Waals surface area contributed by atoms with E-state index in [9.17, 15) is 9.59 Å². The second kappa shape index (κ2) is 11.1. The number of hydrogen-bond acceptors (Lipinski definition) is 5. The summed E-state index contributed by atoms with van der Waals surface area (Å²) in [5, 5.41) is 2.85. The highest BCUT2D eigenvalue weighted by atomic mass is 16.5. The quantitative estimate of drug-likeness (QED) is 0.626. The number of methoxy groups -OCH3 is 1. The van der Waals surface area contributed by atoms with E-state index in [0.29, 0.717) is 32.6 Å². The maximum Gasteiger partial charge on any atom is 0.242 e. The molecule has 1 heterocycles. The summed E-state index contributed by atoms with van der Waals surface area (Å²) in [6.45, 7) is 6.32. The monoisotopic (exact) mass is 438 g/mol. The molecule has 2 unspecified atom stereocenters. The van der Waals surface area contributed by atoms with Crippen molar-refractivity contribution in [1.82, 2.24) is 15.1 Å². The van der Waals surface area contributed by atoms with Gasteiger partial charge in [0.1, 0.15) is 11.8 Å². The van der Waals surface area contributed by atoms with Gasteiger partial charge < -0.3 is 20.7 Å². The van der Waals surface area contributed by atoms with E-state index in [4.69, 9.17) is 10.5 Å². The molecule has 1 aliphatic rings. The largest absolute Gasteiger partial charge is 0.497 e. The molecule has 2 aromatic rings. The number of benzene rings is 2. The number of amides is 2. The van der Waals surface area contributed by atoms with Gasteiger partial charge in [-0.3, -0.25) is 14.5 Å². The molecule has 172 valence electrons. The van der Waals surface area contributed by atoms with Crippen LogP contribution in [0.4, 0.5) is 0 Å². The first-order valence-corrected chi connectivity index (χ1v) is 11.1. The Bertz CT molecular complexity index is 916. The van der Waals surface area contributed by atoms with Crippen LogP contribution >= 0.6 is 0 Å². The summed E-state index contributed by atoms with van der Waals surface area (Å²) in [6, 6.07) is 16.1. The van der Waals surface area contributed by atoms with E-state index in [1.165, 1.54) is 18.1 Å². The molecule has 32 heavy (non-hydrogen) atoms. The summed E-state index contributed by atoms with van der Waals surface area (Å²) < 4.78 is 5.39. The maximum atomic E-state index is 12.7. The highest BCUT2D eigenvalue weighted by Crippen LogP contribution is 2.27. The van der Waals surface area contributed by atoms with E-state index >= 15 is 0 Å². The second-order valence-corrected chi connectivity index (χ2v) is 8.40. The van der Waals surface area contributed by atoms with E-state index in [-0.39, 0.29) is 17.9 Å². The smallest absolute Gasteiger partial charge is 0.242 e. The summed E-state index contributed by atoms with van der Waals surface area (Å²) >= 11 is 0. The van der Waals surface area contributed by atoms with Crippen molar-refractivity contribution in [3.05, 3.63) is 65.2 Å². The van der Waals surface area contributed by atoms with Crippen molar-refractivity contribution in [3.8, 4) is 5.75 Å². The topological polar surface area (TPSA) is 87.9 Å². The standard InChI is InChI=1S/C25H34N4O3/c1-18-7-9-20(10-8-18)15-28(16-21-5-4-6-23(13-21)32-3)22-14-24(25(31)27-12-11-26)29(17-22)19(2)30/h4-10,13,22,24H,11-12,14-17,26H2,1-3H3,(H,27,31). The van der Waals surface area contributed by atoms with Crippen molar-refractivity contribution in [2.24, 2.45) is 5.73 Å². The molecule has 7 nitrogen and oxygen atoms in total. The molecule has 2 aromatic carbocycles. The average molecular weight is 439 g/mol. The Hall–Kier alpha value is -2.90. The first-order valence-electron chi connectivity index (χ1n) is 11.1. The SMILES string of the molecule is COc1cccc(CN(Cc2ccc(C)cc2)C2CC(C(=O)NCCN)N(C(C)=O)C2)c1. The van der Waals surface area contributed by atoms with Crippen molar-refractivity contribution < 1.29 is 14.3 Å². The van der Waals surface area contributed by atoms with E-state index in [0.717, 1.165) is 17.9 Å². The van der Waals surface area contributed by atoms with Crippen LogP contribution in [-0.4, -0.2) is 60.4 Å². The molecule has 0 spiro atoms. The van der Waals surface area contributed by atoms with Gasteiger partial charge in [0, 0.05) is 45.7 Å². The van der Waals surface area contributed by atoms with Gasteiger partial charge in [-0.15, -0.1) is 0 Å². The predicted octanol–water partition coefficient (Wildman–Crippen LogP) is 2.07. The van der Waals surface area contributed by atoms with Crippen LogP contribution in [0.25, 0.3) is 0 Å². The lowest BCUT2D eigenvalue weighted by Crippen LogP contribution is -2.46. The molecular formula is C25H34N4O3. The fourth-order valence-corrected chi connectivity index (χ4v) is 4.24. The van der Waals surface area contributed by atoms with Gasteiger partial charge in [-0.25, -0.2) is 0 Å². The molecule has 0 aromatic heterocycles. The molecule has 1 aliphatic heterocycles. The number of nitrogens with one attached hydrogen (secondary N) is 1. The minimum atomic E-state index is -0.477. The molecule has 1 fully saturated rings. The van der Waals surface area contributed by atoms with Crippen LogP contribution in [0, 0.1) is 6.92 Å². The van der Waals surface area contributed by atoms with Crippen LogP contribution in [-0.2, 0) is 22.7 Å². The molecule has 0 bridgehead atoms. The lowest BCUT2D eigenvalue weighted by atomic mass is 10.1. The normalized spacial score (nSPS) is 18.1. The number of aryl methyl sites for hydroxylation is 1. The van der Waals surface area contributed by atoms with Crippen LogP contribution in [0.1, 0.15) is 30.0 Å². The highest BCUT2D eigenvalue weighted by Gasteiger charge is 2.40. The van der Waals surface area contributed by atoms with Gasteiger partial charge in [0.25, 0.3) is 0 Å². The molecule has 0 saturated carbocycles. The Morgan fingerprint density at radius 3 is 2.53 bits per heavy atom. The summed E-state index contributed by atoms with van der Waals surface area (Å²) in [7, 11) is 1.66. The zero-order chi connectivity index (χ0) is 23.1. The van der Waals surface area contributed by atoms with Crippen molar-refractivity contribution >= 4 is 11.8 Å². The minimum Gasteiger partial charge on any atom is -0.497 e. The minimum absolute atomic E-state index is 0.0556. The molecule has 1 saturated heterocycles. The van der Waals surface area contributed by atoms with Gasteiger partial charge in [0.05, 0.1) is 7.11 Å². The van der Waals surface area contributed by atoms with Crippen molar-refractivity contribution in [1.29, 1.82) is 0 Å². The number of carbonyl (C=O) groups excluding carboxylic acids is 2. The Balaban J connectivity index is 1.84. The van der Waals surface area contributed by atoms with Gasteiger partial charge in [0.2, 0.25) is 11.8 Å². The fraction of sp³-hybridized carbons (Fsp3) is 0.440. The summed E-state index contributed by atoms with van der Waals surface area (Å²) in [4.78, 5) is 29.1. The zero-order valence-corrected chi connectivity index (χ0v) is 19.2. The second-order valence-electron chi connectivity index (χ2n) is 8.40. The number of hydrogen-bond donors (Lipinski definition) is 2. The van der Waals surface area contributed by atoms with Gasteiger partial charge in [-0.1, -0.05) is 42.0 Å². The van der Waals surface area contributed by atoms with Crippen molar-refractivity contribution in [2.75, 3.05) is 26.7 Å². The summed E-state index contributed by atoms with van der Waals surface area (Å²) in [5.74, 6) is 0.593. The lowest BCUT2D eigenvalue weighted by Gasteiger charge is -2.29. The van der Waals surface area contributed by atoms with Crippen LogP contribution in [0.2, 0.25) is 0 Å². The Labute approximate surface area is 190 Å². The van der Waals surface area contributed by atoms with E-state index in [1.54, 1.807) is 12.0 Å². The van der Waals surface area contributed by atoms with Gasteiger partial charge >= 0.3 is 0 Å². The number of rotatable bonds is 9. The highest BCUT2D eigenvalue weighted by molar-refractivity contribution is 5.87. The lowest BCUT2D eigenvalue weighted by molar-refractivity contribution is -0.136. The predicted molar refractivity (Wildman–Crippen MR) is 125 cm³/mol. The molecule has 0 aliphatic carbocycles. The van der Waals surface area contributed by atoms with Crippen LogP contribution in [0.15, 0.2) is 48.5 Å². The first-order chi connectivity index (χ1) is 15.4. The van der Waals surface area contributed by atoms with E-state index in [1.807, 2.05) is 18.2 Å². The Morgan fingerprint density at radius 2 is 1.88 bits per heavy atom. The zero-order valence-electron chi connectivity index (χ0n) is 19.2. The van der Waals surface area contributed by atoms with Crippen LogP contribution in [0.3, 0.4) is 0 Å². The fourth-order valence-electron chi connectivity index (χ4n) is 4.24. The average Bonchev–Trinajstić information content (AvgIpc) is 3.24. The Kier molecular flexibility index (Phi) is 8.25. The van der Waals surface area contributed by atoms with Gasteiger partial charge in [-0.2, -0.15) is 0 Å². The maximum absolute atomic E-state index is 12.7. The van der Waals surface area contributed by atoms with E-state index < -0.39 is 6.04 Å². The third-order valence-electron chi connectivity index (χ3n) is 5.97. The van der Waals surface area contributed by atoms with Gasteiger partial charge in [0.15, 0.2) is 0 Å². The van der Waals surface area contributed by atoms with Crippen LogP contribution < -0.4 is 15.8 Å². The molecule has 2 amide bonds. The summed E-state index contributed by atoms with van der Waals surface area (Å²) in [6.07, 6.45) is 0.589. The van der Waals surface area contributed by atoms with Crippen LogP contribution in [0.5, 0.6) is 5.75 Å². The van der Waals surface area contributed by atoms with E-state index in [2.05, 4.69) is 47.5 Å². The van der Waals surface area contributed by atoms with Gasteiger partial charge in [-0.05, 0) is 36.6 Å². The molecular weight excluding hydrogens is 404 g/mol. The molecule has 3 N–H and O–H groups in total. The number of likely N-dealkylation sites (tertiary alicyclic amines) is 1. The molecule has 2 atom stereocenters. The Morgan fingerprint density at radius 1 is 1.16 bits per heavy atom. The molecule has 7 heteroatoms. The third-order valence-corrected chi connectivity index (χ3v) is 5.97. The first kappa shape index (κ1) is 23.8.